The average Bonchev–Trinajstić information content (AvgIpc) is 3.28. The fourth-order valence-electron chi connectivity index (χ4n) is 9.41. The van der Waals surface area contributed by atoms with E-state index in [1.165, 1.54) is 276 Å². The molecule has 0 aromatic carbocycles. The van der Waals surface area contributed by atoms with Crippen LogP contribution in [-0.2, 0) is 19.1 Å². The maximum absolute atomic E-state index is 12.9. The largest absolute Gasteiger partial charge is 0.462 e. The highest BCUT2D eigenvalue weighted by molar-refractivity contribution is 5.70. The van der Waals surface area contributed by atoms with Gasteiger partial charge in [-0.3, -0.25) is 9.59 Å². The fraction of sp³-hybridized carbons (Fsp3) is 0.966. The van der Waals surface area contributed by atoms with Crippen LogP contribution in [0.25, 0.3) is 0 Å². The molecular formula is C59H116O4. The number of unbranched alkanes of at least 4 members (excludes halogenated alkanes) is 46. The topological polar surface area (TPSA) is 52.6 Å². The van der Waals surface area contributed by atoms with Crippen LogP contribution >= 0.6 is 0 Å². The Hall–Kier alpha value is -1.06. The van der Waals surface area contributed by atoms with E-state index in [1.54, 1.807) is 0 Å². The molecule has 0 bridgehead atoms. The molecule has 0 spiro atoms. The number of hydrogen-bond donors (Lipinski definition) is 0. The van der Waals surface area contributed by atoms with Gasteiger partial charge in [-0.25, -0.2) is 0 Å². The van der Waals surface area contributed by atoms with Crippen LogP contribution in [0.3, 0.4) is 0 Å². The summed E-state index contributed by atoms with van der Waals surface area (Å²) in [5.41, 5.74) is 0. The molecule has 0 saturated carbocycles. The van der Waals surface area contributed by atoms with E-state index in [9.17, 15) is 9.59 Å². The van der Waals surface area contributed by atoms with Gasteiger partial charge in [0.05, 0.1) is 0 Å². The van der Waals surface area contributed by atoms with E-state index in [1.807, 2.05) is 0 Å². The highest BCUT2D eigenvalue weighted by Crippen LogP contribution is 2.19. The van der Waals surface area contributed by atoms with Crippen molar-refractivity contribution in [1.82, 2.24) is 0 Å². The van der Waals surface area contributed by atoms with Crippen LogP contribution in [0.15, 0.2) is 0 Å². The zero-order chi connectivity index (χ0) is 45.6. The number of hydrogen-bond acceptors (Lipinski definition) is 4. The van der Waals surface area contributed by atoms with Crippen LogP contribution in [0.4, 0.5) is 0 Å². The Bertz CT molecular complexity index is 872. The lowest BCUT2D eigenvalue weighted by Crippen LogP contribution is -2.25. The number of rotatable bonds is 55. The first-order valence-electron chi connectivity index (χ1n) is 29.5. The Balaban J connectivity index is 4.06. The number of carbonyl (C=O) groups is 2. The first kappa shape index (κ1) is 61.9. The van der Waals surface area contributed by atoms with Crippen molar-refractivity contribution in [2.24, 2.45) is 0 Å². The van der Waals surface area contributed by atoms with Gasteiger partial charge >= 0.3 is 11.9 Å². The molecule has 0 aliphatic rings. The monoisotopic (exact) mass is 889 g/mol. The Morgan fingerprint density at radius 3 is 0.730 bits per heavy atom. The number of carbonyl (C=O) groups excluding carboxylic acids is 2. The molecule has 376 valence electrons. The molecule has 0 aromatic heterocycles. The molecule has 63 heavy (non-hydrogen) atoms. The van der Waals surface area contributed by atoms with Gasteiger partial charge in [-0.2, -0.15) is 0 Å². The second kappa shape index (κ2) is 55.3. The predicted octanol–water partition coefficient (Wildman–Crippen LogP) is 20.8. The van der Waals surface area contributed by atoms with Gasteiger partial charge in [-0.1, -0.05) is 316 Å². The summed E-state index contributed by atoms with van der Waals surface area (Å²) in [6, 6.07) is 0. The number of esters is 2. The van der Waals surface area contributed by atoms with E-state index >= 15 is 0 Å². The van der Waals surface area contributed by atoms with Gasteiger partial charge in [0.2, 0.25) is 0 Å². The van der Waals surface area contributed by atoms with Crippen molar-refractivity contribution >= 4 is 11.9 Å². The molecule has 0 fully saturated rings. The first-order chi connectivity index (χ1) is 31.1. The van der Waals surface area contributed by atoms with Crippen molar-refractivity contribution in [3.63, 3.8) is 0 Å². The highest BCUT2D eigenvalue weighted by Gasteiger charge is 2.17. The lowest BCUT2D eigenvalue weighted by atomic mass is 10.0. The second-order valence-corrected chi connectivity index (χ2v) is 20.3. The van der Waals surface area contributed by atoms with Gasteiger partial charge in [0.15, 0.2) is 0 Å². The van der Waals surface area contributed by atoms with Crippen LogP contribution < -0.4 is 0 Å². The van der Waals surface area contributed by atoms with E-state index < -0.39 is 0 Å². The van der Waals surface area contributed by atoms with E-state index in [4.69, 9.17) is 9.47 Å². The van der Waals surface area contributed by atoms with Crippen LogP contribution in [0, 0.1) is 0 Å². The second-order valence-electron chi connectivity index (χ2n) is 20.3. The molecule has 0 rings (SSSR count). The van der Waals surface area contributed by atoms with Gasteiger partial charge in [0.1, 0.15) is 12.7 Å². The van der Waals surface area contributed by atoms with Crippen LogP contribution in [0.1, 0.15) is 355 Å². The summed E-state index contributed by atoms with van der Waals surface area (Å²) < 4.78 is 11.7. The lowest BCUT2D eigenvalue weighted by Gasteiger charge is -2.18. The predicted molar refractivity (Wildman–Crippen MR) is 278 cm³/mol. The highest BCUT2D eigenvalue weighted by atomic mass is 16.6. The molecule has 0 aliphatic heterocycles. The SMILES string of the molecule is CCCCCCCCCCCCCCCCCCCCCC(=O)OCC(CCCCCCCCCCCCC)OC(=O)CCCCCCCCCCCCCCCCCCCCC. The molecule has 4 heteroatoms. The Labute approximate surface area is 396 Å². The standard InChI is InChI=1S/C59H116O4/c1-4-7-10-13-16-19-22-24-26-28-30-32-34-36-39-42-45-48-51-54-58(60)62-56-57(53-50-47-44-41-38-21-18-15-12-9-6-3)63-59(61)55-52-49-46-43-40-37-35-33-31-29-27-25-23-20-17-14-11-8-5-2/h57H,4-56H2,1-3H3. The zero-order valence-corrected chi connectivity index (χ0v) is 43.7. The summed E-state index contributed by atoms with van der Waals surface area (Å²) in [4.78, 5) is 25.6. The van der Waals surface area contributed by atoms with Crippen molar-refractivity contribution in [2.75, 3.05) is 6.61 Å². The van der Waals surface area contributed by atoms with Crippen molar-refractivity contribution < 1.29 is 19.1 Å². The van der Waals surface area contributed by atoms with Crippen molar-refractivity contribution in [2.45, 2.75) is 361 Å². The Kier molecular flexibility index (Phi) is 54.3. The molecule has 0 saturated heterocycles. The quantitative estimate of drug-likeness (QED) is 0.0451. The third-order valence-corrected chi connectivity index (χ3v) is 13.8. The van der Waals surface area contributed by atoms with Crippen molar-refractivity contribution in [1.29, 1.82) is 0 Å². The zero-order valence-electron chi connectivity index (χ0n) is 43.7. The van der Waals surface area contributed by atoms with E-state index in [-0.39, 0.29) is 24.6 Å². The molecule has 0 amide bonds. The normalized spacial score (nSPS) is 12.0. The molecule has 0 radical (unpaired) electrons. The molecule has 0 heterocycles. The molecule has 0 N–H and O–H groups in total. The van der Waals surface area contributed by atoms with Crippen LogP contribution in [0.2, 0.25) is 0 Å². The van der Waals surface area contributed by atoms with E-state index in [2.05, 4.69) is 20.8 Å². The van der Waals surface area contributed by atoms with Crippen LogP contribution in [-0.4, -0.2) is 24.6 Å². The molecule has 4 nitrogen and oxygen atoms in total. The maximum atomic E-state index is 12.9. The summed E-state index contributed by atoms with van der Waals surface area (Å²) in [6.45, 7) is 7.09. The van der Waals surface area contributed by atoms with Gasteiger partial charge in [-0.15, -0.1) is 0 Å². The van der Waals surface area contributed by atoms with Gasteiger partial charge in [0.25, 0.3) is 0 Å². The molecule has 0 aromatic rings. The van der Waals surface area contributed by atoms with E-state index in [0.29, 0.717) is 12.8 Å². The molecule has 1 atom stereocenters. The van der Waals surface area contributed by atoms with Crippen molar-refractivity contribution in [3.8, 4) is 0 Å². The van der Waals surface area contributed by atoms with Crippen LogP contribution in [0.5, 0.6) is 0 Å². The molecular weight excluding hydrogens is 773 g/mol. The minimum Gasteiger partial charge on any atom is -0.462 e. The summed E-state index contributed by atoms with van der Waals surface area (Å²) in [5, 5.41) is 0. The van der Waals surface area contributed by atoms with Gasteiger partial charge < -0.3 is 9.47 Å². The fourth-order valence-corrected chi connectivity index (χ4v) is 9.41. The molecule has 1 unspecified atom stereocenters. The Morgan fingerprint density at radius 2 is 0.476 bits per heavy atom. The smallest absolute Gasteiger partial charge is 0.306 e. The summed E-state index contributed by atoms with van der Waals surface area (Å²) in [6.07, 6.45) is 67.1. The summed E-state index contributed by atoms with van der Waals surface area (Å²) >= 11 is 0. The first-order valence-corrected chi connectivity index (χ1v) is 29.5. The molecule has 0 aliphatic carbocycles. The number of ether oxygens (including phenoxy) is 2. The minimum atomic E-state index is -0.301. The third-order valence-electron chi connectivity index (χ3n) is 13.8. The van der Waals surface area contributed by atoms with E-state index in [0.717, 1.165) is 44.9 Å². The summed E-state index contributed by atoms with van der Waals surface area (Å²) in [5.74, 6) is -0.231. The average molecular weight is 890 g/mol. The van der Waals surface area contributed by atoms with Crippen molar-refractivity contribution in [3.05, 3.63) is 0 Å². The lowest BCUT2D eigenvalue weighted by molar-refractivity contribution is -0.159. The van der Waals surface area contributed by atoms with Gasteiger partial charge in [0, 0.05) is 12.8 Å². The Morgan fingerprint density at radius 1 is 0.270 bits per heavy atom. The maximum Gasteiger partial charge on any atom is 0.306 e. The summed E-state index contributed by atoms with van der Waals surface area (Å²) in [7, 11) is 0. The van der Waals surface area contributed by atoms with Gasteiger partial charge in [-0.05, 0) is 25.7 Å². The minimum absolute atomic E-state index is 0.107. The third kappa shape index (κ3) is 53.4.